The molecular weight excluding hydrogens is 240 g/mol. The summed E-state index contributed by atoms with van der Waals surface area (Å²) in [5.41, 5.74) is 0. The topological polar surface area (TPSA) is 48.4 Å². The van der Waals surface area contributed by atoms with Crippen LogP contribution in [-0.2, 0) is 0 Å². The van der Waals surface area contributed by atoms with Gasteiger partial charge >= 0.3 is 0 Å². The fourth-order valence-electron chi connectivity index (χ4n) is 1.65. The molecule has 0 fully saturated rings. The first kappa shape index (κ1) is 14.6. The Balaban J connectivity index is 3.02. The van der Waals surface area contributed by atoms with Gasteiger partial charge in [-0.1, -0.05) is 13.3 Å². The second-order valence-corrected chi connectivity index (χ2v) is 3.94. The number of anilines is 2. The van der Waals surface area contributed by atoms with E-state index in [1.54, 1.807) is 4.90 Å². The molecule has 2 N–H and O–H groups in total. The first-order valence-corrected chi connectivity index (χ1v) is 6.03. The minimum atomic E-state index is -0.724. The zero-order valence-corrected chi connectivity index (χ0v) is 10.7. The largest absolute Gasteiger partial charge is 0.395 e. The number of halogens is 2. The summed E-state index contributed by atoms with van der Waals surface area (Å²) < 4.78 is 27.0. The SMILES string of the molecule is CCCCN(CCO)c1nc(NC)c(F)cc1F. The van der Waals surface area contributed by atoms with Crippen LogP contribution in [0.15, 0.2) is 6.07 Å². The van der Waals surface area contributed by atoms with Gasteiger partial charge in [-0.2, -0.15) is 0 Å². The van der Waals surface area contributed by atoms with Gasteiger partial charge in [0.25, 0.3) is 0 Å². The van der Waals surface area contributed by atoms with Crippen LogP contribution < -0.4 is 10.2 Å². The van der Waals surface area contributed by atoms with Crippen LogP contribution >= 0.6 is 0 Å². The summed E-state index contributed by atoms with van der Waals surface area (Å²) >= 11 is 0. The highest BCUT2D eigenvalue weighted by atomic mass is 19.1. The summed E-state index contributed by atoms with van der Waals surface area (Å²) in [7, 11) is 1.52. The van der Waals surface area contributed by atoms with E-state index in [1.165, 1.54) is 7.05 Å². The van der Waals surface area contributed by atoms with Crippen molar-refractivity contribution in [2.24, 2.45) is 0 Å². The first-order valence-electron chi connectivity index (χ1n) is 6.03. The maximum atomic E-state index is 13.7. The number of pyridine rings is 1. The molecule has 0 atom stereocenters. The molecule has 1 aromatic rings. The maximum absolute atomic E-state index is 13.7. The molecule has 0 unspecified atom stereocenters. The number of aliphatic hydroxyl groups is 1. The second-order valence-electron chi connectivity index (χ2n) is 3.94. The van der Waals surface area contributed by atoms with Gasteiger partial charge in [-0.15, -0.1) is 0 Å². The highest BCUT2D eigenvalue weighted by Gasteiger charge is 2.16. The van der Waals surface area contributed by atoms with Gasteiger partial charge in [-0.05, 0) is 6.42 Å². The zero-order valence-electron chi connectivity index (χ0n) is 10.7. The Morgan fingerprint density at radius 2 is 2.06 bits per heavy atom. The third-order valence-electron chi connectivity index (χ3n) is 2.60. The number of aliphatic hydroxyl groups excluding tert-OH is 1. The Labute approximate surface area is 106 Å². The summed E-state index contributed by atoms with van der Waals surface area (Å²) in [6, 6.07) is 0.810. The van der Waals surface area contributed by atoms with Crippen molar-refractivity contribution < 1.29 is 13.9 Å². The second kappa shape index (κ2) is 7.10. The minimum absolute atomic E-state index is 0.00541. The van der Waals surface area contributed by atoms with E-state index >= 15 is 0 Å². The molecule has 18 heavy (non-hydrogen) atoms. The molecule has 0 spiro atoms. The molecule has 1 heterocycles. The monoisotopic (exact) mass is 259 g/mol. The molecule has 6 heteroatoms. The molecule has 0 aliphatic heterocycles. The lowest BCUT2D eigenvalue weighted by Crippen LogP contribution is -2.29. The third kappa shape index (κ3) is 3.53. The van der Waals surface area contributed by atoms with E-state index in [9.17, 15) is 8.78 Å². The van der Waals surface area contributed by atoms with Crippen LogP contribution in [0.5, 0.6) is 0 Å². The molecule has 0 aliphatic carbocycles. The standard InChI is InChI=1S/C12H19F2N3O/c1-3-4-5-17(6-7-18)12-10(14)8-9(13)11(15-2)16-12/h8,18H,3-7H2,1-2H3,(H,15,16). The van der Waals surface area contributed by atoms with E-state index in [4.69, 9.17) is 5.11 Å². The van der Waals surface area contributed by atoms with Gasteiger partial charge in [0, 0.05) is 26.2 Å². The van der Waals surface area contributed by atoms with Crippen LogP contribution in [0.3, 0.4) is 0 Å². The average molecular weight is 259 g/mol. The summed E-state index contributed by atoms with van der Waals surface area (Å²) in [6.07, 6.45) is 1.80. The van der Waals surface area contributed by atoms with E-state index in [-0.39, 0.29) is 24.8 Å². The molecule has 0 aromatic carbocycles. The van der Waals surface area contributed by atoms with Crippen molar-refractivity contribution in [1.29, 1.82) is 0 Å². The molecule has 0 saturated carbocycles. The summed E-state index contributed by atoms with van der Waals surface area (Å²) in [5, 5.41) is 11.6. The Hall–Kier alpha value is -1.43. The highest BCUT2D eigenvalue weighted by Crippen LogP contribution is 2.22. The number of unbranched alkanes of at least 4 members (excludes halogenated alkanes) is 1. The van der Waals surface area contributed by atoms with Gasteiger partial charge in [0.2, 0.25) is 0 Å². The fourth-order valence-corrected chi connectivity index (χ4v) is 1.65. The van der Waals surface area contributed by atoms with Crippen LogP contribution in [0.4, 0.5) is 20.4 Å². The number of nitrogens with one attached hydrogen (secondary N) is 1. The average Bonchev–Trinajstić information content (AvgIpc) is 2.35. The molecule has 102 valence electrons. The van der Waals surface area contributed by atoms with Gasteiger partial charge in [0.15, 0.2) is 23.3 Å². The fraction of sp³-hybridized carbons (Fsp3) is 0.583. The smallest absolute Gasteiger partial charge is 0.168 e. The highest BCUT2D eigenvalue weighted by molar-refractivity contribution is 5.49. The zero-order chi connectivity index (χ0) is 13.5. The molecule has 1 aromatic heterocycles. The minimum Gasteiger partial charge on any atom is -0.395 e. The molecule has 0 bridgehead atoms. The Bertz CT molecular complexity index is 388. The maximum Gasteiger partial charge on any atom is 0.168 e. The van der Waals surface area contributed by atoms with E-state index in [0.29, 0.717) is 6.54 Å². The first-order chi connectivity index (χ1) is 8.63. The Morgan fingerprint density at radius 3 is 2.61 bits per heavy atom. The quantitative estimate of drug-likeness (QED) is 0.786. The van der Waals surface area contributed by atoms with E-state index in [2.05, 4.69) is 10.3 Å². The summed E-state index contributed by atoms with van der Waals surface area (Å²) in [4.78, 5) is 5.54. The molecule has 1 rings (SSSR count). The van der Waals surface area contributed by atoms with Crippen LogP contribution in [0.25, 0.3) is 0 Å². The van der Waals surface area contributed by atoms with Crippen LogP contribution in [0, 0.1) is 11.6 Å². The van der Waals surface area contributed by atoms with Crippen molar-refractivity contribution in [2.45, 2.75) is 19.8 Å². The van der Waals surface area contributed by atoms with Gasteiger partial charge in [-0.3, -0.25) is 0 Å². The lowest BCUT2D eigenvalue weighted by atomic mass is 10.3. The van der Waals surface area contributed by atoms with Crippen LogP contribution in [0.1, 0.15) is 19.8 Å². The molecule has 0 saturated heterocycles. The van der Waals surface area contributed by atoms with Crippen LogP contribution in [-0.4, -0.2) is 36.8 Å². The molecule has 0 amide bonds. The predicted molar refractivity (Wildman–Crippen MR) is 67.9 cm³/mol. The van der Waals surface area contributed by atoms with Crippen molar-refractivity contribution in [2.75, 3.05) is 37.0 Å². The molecule has 4 nitrogen and oxygen atoms in total. The number of aromatic nitrogens is 1. The Kier molecular flexibility index (Phi) is 5.77. The number of rotatable bonds is 7. The third-order valence-corrected chi connectivity index (χ3v) is 2.60. The van der Waals surface area contributed by atoms with Crippen LogP contribution in [0.2, 0.25) is 0 Å². The van der Waals surface area contributed by atoms with E-state index in [1.807, 2.05) is 6.92 Å². The van der Waals surface area contributed by atoms with Crippen molar-refractivity contribution >= 4 is 11.6 Å². The lowest BCUT2D eigenvalue weighted by Gasteiger charge is -2.23. The normalized spacial score (nSPS) is 10.5. The number of hydrogen-bond donors (Lipinski definition) is 2. The van der Waals surface area contributed by atoms with E-state index in [0.717, 1.165) is 18.9 Å². The Morgan fingerprint density at radius 1 is 1.33 bits per heavy atom. The number of hydrogen-bond acceptors (Lipinski definition) is 4. The van der Waals surface area contributed by atoms with Gasteiger partial charge in [0.05, 0.1) is 6.61 Å². The molecule has 0 aliphatic rings. The van der Waals surface area contributed by atoms with Crippen molar-refractivity contribution in [3.05, 3.63) is 17.7 Å². The summed E-state index contributed by atoms with van der Waals surface area (Å²) in [5.74, 6) is -1.36. The van der Waals surface area contributed by atoms with Gasteiger partial charge < -0.3 is 15.3 Å². The predicted octanol–water partition coefficient (Wildman–Crippen LogP) is 2.00. The van der Waals surface area contributed by atoms with E-state index < -0.39 is 11.6 Å². The number of nitrogens with zero attached hydrogens (tertiary/aromatic N) is 2. The molecule has 0 radical (unpaired) electrons. The van der Waals surface area contributed by atoms with Crippen molar-refractivity contribution in [3.63, 3.8) is 0 Å². The van der Waals surface area contributed by atoms with Crippen molar-refractivity contribution in [3.8, 4) is 0 Å². The van der Waals surface area contributed by atoms with Gasteiger partial charge in [0.1, 0.15) is 0 Å². The van der Waals surface area contributed by atoms with Gasteiger partial charge in [-0.25, -0.2) is 13.8 Å². The summed E-state index contributed by atoms with van der Waals surface area (Å²) in [6.45, 7) is 2.77. The molecular formula is C12H19F2N3O. The lowest BCUT2D eigenvalue weighted by molar-refractivity contribution is 0.300. The van der Waals surface area contributed by atoms with Crippen molar-refractivity contribution in [1.82, 2.24) is 4.98 Å².